The zero-order chi connectivity index (χ0) is 19.3. The molecule has 0 heterocycles. The Bertz CT molecular complexity index is 854. The summed E-state index contributed by atoms with van der Waals surface area (Å²) in [5.74, 6) is -0.185. The van der Waals surface area contributed by atoms with Crippen LogP contribution in [-0.4, -0.2) is 38.7 Å². The van der Waals surface area contributed by atoms with E-state index in [1.807, 2.05) is 43.3 Å². The Balaban J connectivity index is 0.00000364. The van der Waals surface area contributed by atoms with Gasteiger partial charge >= 0.3 is 29.6 Å². The van der Waals surface area contributed by atoms with E-state index >= 15 is 0 Å². The number of anilines is 2. The third-order valence-electron chi connectivity index (χ3n) is 3.94. The first kappa shape index (κ1) is 24.0. The summed E-state index contributed by atoms with van der Waals surface area (Å²) in [5, 5.41) is 2.73. The standard InChI is InChI=1S/C18H22N2O4S2.Na/c1-20(2)16-7-3-13(4-8-16)11-14(12-25)18(21)19-15-5-9-17(10-6-15)26(22,23)24;/h3-10,14,25H,11-12H2,1-2H3,(H,19,21)(H,22,23,24);/q;+1/p-1. The number of hydrogen-bond acceptors (Lipinski definition) is 6. The number of nitrogens with one attached hydrogen (secondary N) is 1. The van der Waals surface area contributed by atoms with Crippen molar-refractivity contribution in [1.82, 2.24) is 0 Å². The molecule has 1 atom stereocenters. The molecule has 1 N–H and O–H groups in total. The fourth-order valence-electron chi connectivity index (χ4n) is 2.40. The Morgan fingerprint density at radius 2 is 1.67 bits per heavy atom. The van der Waals surface area contributed by atoms with Crippen molar-refractivity contribution in [3.05, 3.63) is 54.1 Å². The van der Waals surface area contributed by atoms with Gasteiger partial charge in [-0.05, 0) is 48.4 Å². The second-order valence-electron chi connectivity index (χ2n) is 6.11. The minimum Gasteiger partial charge on any atom is -0.744 e. The summed E-state index contributed by atoms with van der Waals surface area (Å²) in [6.07, 6.45) is 0.538. The fraction of sp³-hybridized carbons (Fsp3) is 0.278. The van der Waals surface area contributed by atoms with Gasteiger partial charge in [0.05, 0.1) is 10.8 Å². The molecule has 0 saturated heterocycles. The summed E-state index contributed by atoms with van der Waals surface area (Å²) in [6.45, 7) is 0. The predicted molar refractivity (Wildman–Crippen MR) is 105 cm³/mol. The molecule has 0 fully saturated rings. The molecule has 0 bridgehead atoms. The van der Waals surface area contributed by atoms with Gasteiger partial charge in [-0.1, -0.05) is 12.1 Å². The molecule has 0 aliphatic carbocycles. The van der Waals surface area contributed by atoms with Crippen LogP contribution >= 0.6 is 12.6 Å². The molecule has 140 valence electrons. The van der Waals surface area contributed by atoms with Crippen LogP contribution in [0.1, 0.15) is 5.56 Å². The van der Waals surface area contributed by atoms with Crippen LogP contribution in [0.15, 0.2) is 53.4 Å². The van der Waals surface area contributed by atoms with E-state index in [4.69, 9.17) is 0 Å². The third-order valence-corrected chi connectivity index (χ3v) is 5.23. The van der Waals surface area contributed by atoms with Crippen molar-refractivity contribution in [1.29, 1.82) is 0 Å². The molecule has 2 rings (SSSR count). The Morgan fingerprint density at radius 1 is 1.11 bits per heavy atom. The zero-order valence-electron chi connectivity index (χ0n) is 15.5. The van der Waals surface area contributed by atoms with Gasteiger partial charge in [0.15, 0.2) is 0 Å². The Hall–Kier alpha value is -1.03. The quantitative estimate of drug-likeness (QED) is 0.357. The van der Waals surface area contributed by atoms with Gasteiger partial charge < -0.3 is 14.8 Å². The second-order valence-corrected chi connectivity index (χ2v) is 7.86. The van der Waals surface area contributed by atoms with Crippen LogP contribution in [0.2, 0.25) is 0 Å². The number of hydrogen-bond donors (Lipinski definition) is 2. The normalized spacial score (nSPS) is 12.0. The topological polar surface area (TPSA) is 89.5 Å². The molecule has 2 aromatic rings. The van der Waals surface area contributed by atoms with E-state index in [0.29, 0.717) is 17.9 Å². The monoisotopic (exact) mass is 416 g/mol. The van der Waals surface area contributed by atoms with Gasteiger partial charge in [0.25, 0.3) is 0 Å². The van der Waals surface area contributed by atoms with E-state index in [1.165, 1.54) is 24.3 Å². The first-order valence-electron chi connectivity index (χ1n) is 7.94. The van der Waals surface area contributed by atoms with E-state index in [2.05, 4.69) is 17.9 Å². The summed E-state index contributed by atoms with van der Waals surface area (Å²) >= 11 is 4.27. The zero-order valence-corrected chi connectivity index (χ0v) is 19.3. The van der Waals surface area contributed by atoms with E-state index < -0.39 is 10.1 Å². The largest absolute Gasteiger partial charge is 1.00 e. The van der Waals surface area contributed by atoms with Crippen molar-refractivity contribution in [2.45, 2.75) is 11.3 Å². The van der Waals surface area contributed by atoms with Crippen LogP contribution < -0.4 is 39.8 Å². The van der Waals surface area contributed by atoms with Crippen LogP contribution in [0.5, 0.6) is 0 Å². The molecule has 1 unspecified atom stereocenters. The van der Waals surface area contributed by atoms with Crippen LogP contribution in [-0.2, 0) is 21.3 Å². The first-order chi connectivity index (χ1) is 12.2. The number of carbonyl (C=O) groups excluding carboxylic acids is 1. The number of nitrogens with zero attached hydrogens (tertiary/aromatic N) is 1. The van der Waals surface area contributed by atoms with Crippen molar-refractivity contribution < 1.29 is 47.3 Å². The van der Waals surface area contributed by atoms with Crippen LogP contribution in [0.4, 0.5) is 11.4 Å². The maximum atomic E-state index is 12.5. The van der Waals surface area contributed by atoms with Gasteiger partial charge in [-0.15, -0.1) is 0 Å². The molecule has 27 heavy (non-hydrogen) atoms. The van der Waals surface area contributed by atoms with Gasteiger partial charge in [-0.2, -0.15) is 12.6 Å². The SMILES string of the molecule is CN(C)c1ccc(CC(CS)C(=O)Nc2ccc(S(=O)(=O)[O-])cc2)cc1.[Na+]. The molecule has 2 aromatic carbocycles. The van der Waals surface area contributed by atoms with Crippen molar-refractivity contribution in [2.75, 3.05) is 30.1 Å². The number of benzene rings is 2. The number of amides is 1. The Labute approximate surface area is 187 Å². The van der Waals surface area contributed by atoms with Crippen molar-refractivity contribution in [3.63, 3.8) is 0 Å². The average molecular weight is 417 g/mol. The smallest absolute Gasteiger partial charge is 0.744 e. The van der Waals surface area contributed by atoms with Crippen LogP contribution in [0.25, 0.3) is 0 Å². The number of carbonyl (C=O) groups is 1. The Kier molecular flexibility index (Phi) is 9.33. The van der Waals surface area contributed by atoms with E-state index in [9.17, 15) is 17.8 Å². The minimum atomic E-state index is -4.50. The molecular formula is C18H21N2NaO4S2. The minimum absolute atomic E-state index is 0. The molecule has 0 aliphatic heterocycles. The first-order valence-corrected chi connectivity index (χ1v) is 9.98. The van der Waals surface area contributed by atoms with E-state index in [1.54, 1.807) is 0 Å². The molecule has 0 aliphatic rings. The molecule has 0 radical (unpaired) electrons. The molecule has 6 nitrogen and oxygen atoms in total. The van der Waals surface area contributed by atoms with Crippen molar-refractivity contribution in [2.24, 2.45) is 5.92 Å². The van der Waals surface area contributed by atoms with E-state index in [-0.39, 0.29) is 46.3 Å². The molecule has 9 heteroatoms. The Morgan fingerprint density at radius 3 is 2.11 bits per heavy atom. The molecule has 0 spiro atoms. The van der Waals surface area contributed by atoms with Crippen LogP contribution in [0, 0.1) is 5.92 Å². The van der Waals surface area contributed by atoms with Gasteiger partial charge in [0.1, 0.15) is 10.1 Å². The van der Waals surface area contributed by atoms with E-state index in [0.717, 1.165) is 11.3 Å². The molecule has 1 amide bonds. The van der Waals surface area contributed by atoms with Gasteiger partial charge in [-0.25, -0.2) is 8.42 Å². The summed E-state index contributed by atoms with van der Waals surface area (Å²) in [4.78, 5) is 14.1. The van der Waals surface area contributed by atoms with Gasteiger partial charge in [-0.3, -0.25) is 4.79 Å². The fourth-order valence-corrected chi connectivity index (χ4v) is 3.17. The van der Waals surface area contributed by atoms with Crippen LogP contribution in [0.3, 0.4) is 0 Å². The van der Waals surface area contributed by atoms with Crippen molar-refractivity contribution >= 4 is 40.0 Å². The number of rotatable bonds is 7. The predicted octanol–water partition coefficient (Wildman–Crippen LogP) is -0.612. The third kappa shape index (κ3) is 7.14. The summed E-state index contributed by atoms with van der Waals surface area (Å²) in [5.41, 5.74) is 2.53. The number of thiol groups is 1. The average Bonchev–Trinajstić information content (AvgIpc) is 2.59. The van der Waals surface area contributed by atoms with Crippen molar-refractivity contribution in [3.8, 4) is 0 Å². The van der Waals surface area contributed by atoms with Gasteiger partial charge in [0.2, 0.25) is 5.91 Å². The van der Waals surface area contributed by atoms with Gasteiger partial charge in [0, 0.05) is 31.2 Å². The molecule has 0 saturated carbocycles. The summed E-state index contributed by atoms with van der Waals surface area (Å²) < 4.78 is 32.8. The molecule has 0 aromatic heterocycles. The summed E-state index contributed by atoms with van der Waals surface area (Å²) in [7, 11) is -0.577. The second kappa shape index (κ2) is 10.5. The maximum Gasteiger partial charge on any atom is 1.00 e. The summed E-state index contributed by atoms with van der Waals surface area (Å²) in [6, 6.07) is 13.1. The molecular weight excluding hydrogens is 395 g/mol. The maximum absolute atomic E-state index is 12.5.